The summed E-state index contributed by atoms with van der Waals surface area (Å²) in [7, 11) is 0. The number of halogens is 2. The van der Waals surface area contributed by atoms with Crippen LogP contribution in [-0.2, 0) is 6.54 Å². The number of carboxylic acid groups (broad SMARTS) is 1. The molecule has 0 amide bonds. The minimum absolute atomic E-state index is 0.131. The van der Waals surface area contributed by atoms with Gasteiger partial charge >= 0.3 is 5.97 Å². The molecule has 0 radical (unpaired) electrons. The quantitative estimate of drug-likeness (QED) is 0.947. The van der Waals surface area contributed by atoms with Crippen molar-refractivity contribution < 1.29 is 14.3 Å². The van der Waals surface area contributed by atoms with Gasteiger partial charge in [-0.3, -0.25) is 4.68 Å². The molecule has 1 heterocycles. The van der Waals surface area contributed by atoms with E-state index in [4.69, 9.17) is 5.11 Å². The van der Waals surface area contributed by atoms with Crippen molar-refractivity contribution in [3.8, 4) is 0 Å². The Balaban J connectivity index is 2.19. The van der Waals surface area contributed by atoms with Crippen molar-refractivity contribution in [1.29, 1.82) is 0 Å². The number of aromatic carboxylic acids is 1. The van der Waals surface area contributed by atoms with Gasteiger partial charge in [-0.15, -0.1) is 0 Å². The van der Waals surface area contributed by atoms with E-state index in [1.54, 1.807) is 12.1 Å². The fourth-order valence-corrected chi connectivity index (χ4v) is 1.81. The highest BCUT2D eigenvalue weighted by atomic mass is 79.9. The molecular weight excluding hydrogens is 291 g/mol. The van der Waals surface area contributed by atoms with Crippen LogP contribution in [0.2, 0.25) is 0 Å². The fourth-order valence-electron chi connectivity index (χ4n) is 1.39. The third-order valence-corrected chi connectivity index (χ3v) is 2.82. The van der Waals surface area contributed by atoms with E-state index in [1.165, 1.54) is 23.1 Å². The molecule has 1 aromatic heterocycles. The first-order valence-electron chi connectivity index (χ1n) is 4.76. The largest absolute Gasteiger partial charge is 0.478 e. The summed E-state index contributed by atoms with van der Waals surface area (Å²) in [6.45, 7) is 0.395. The highest BCUT2D eigenvalue weighted by molar-refractivity contribution is 9.10. The molecule has 1 N–H and O–H groups in total. The molecule has 6 heteroatoms. The Hall–Kier alpha value is -1.69. The van der Waals surface area contributed by atoms with E-state index in [1.807, 2.05) is 0 Å². The summed E-state index contributed by atoms with van der Waals surface area (Å²) >= 11 is 3.09. The predicted molar refractivity (Wildman–Crippen MR) is 62.4 cm³/mol. The first-order valence-corrected chi connectivity index (χ1v) is 5.55. The molecule has 0 saturated carbocycles. The molecule has 4 nitrogen and oxygen atoms in total. The summed E-state index contributed by atoms with van der Waals surface area (Å²) in [5.41, 5.74) is 0.962. The Kier molecular flexibility index (Phi) is 3.23. The molecule has 2 aromatic rings. The van der Waals surface area contributed by atoms with Gasteiger partial charge in [0.2, 0.25) is 0 Å². The summed E-state index contributed by atoms with van der Waals surface area (Å²) < 4.78 is 14.9. The summed E-state index contributed by atoms with van der Waals surface area (Å²) in [5.74, 6) is -1.35. The fraction of sp³-hybridized carbons (Fsp3) is 0.0909. The van der Waals surface area contributed by atoms with Crippen LogP contribution in [-0.4, -0.2) is 20.9 Å². The van der Waals surface area contributed by atoms with Crippen LogP contribution in [0, 0.1) is 5.82 Å². The average molecular weight is 299 g/mol. The minimum Gasteiger partial charge on any atom is -0.478 e. The maximum absolute atomic E-state index is 13.0. The number of rotatable bonds is 3. The van der Waals surface area contributed by atoms with E-state index in [2.05, 4.69) is 21.0 Å². The molecule has 0 aliphatic rings. The van der Waals surface area contributed by atoms with Gasteiger partial charge in [-0.05, 0) is 33.6 Å². The van der Waals surface area contributed by atoms with Crippen molar-refractivity contribution in [1.82, 2.24) is 9.78 Å². The number of benzene rings is 1. The van der Waals surface area contributed by atoms with Crippen molar-refractivity contribution in [2.45, 2.75) is 6.54 Å². The first kappa shape index (κ1) is 11.8. The van der Waals surface area contributed by atoms with Crippen molar-refractivity contribution in [3.05, 3.63) is 52.0 Å². The van der Waals surface area contributed by atoms with Gasteiger partial charge in [0.1, 0.15) is 5.82 Å². The van der Waals surface area contributed by atoms with Gasteiger partial charge in [0.15, 0.2) is 0 Å². The number of hydrogen-bond acceptors (Lipinski definition) is 2. The smallest absolute Gasteiger partial charge is 0.338 e. The van der Waals surface area contributed by atoms with Crippen molar-refractivity contribution in [2.24, 2.45) is 0 Å². The van der Waals surface area contributed by atoms with Crippen LogP contribution in [0.3, 0.4) is 0 Å². The molecule has 0 aliphatic heterocycles. The van der Waals surface area contributed by atoms with Crippen LogP contribution in [0.1, 0.15) is 15.9 Å². The average Bonchev–Trinajstić information content (AvgIpc) is 2.72. The van der Waals surface area contributed by atoms with E-state index in [0.29, 0.717) is 11.0 Å². The zero-order valence-electron chi connectivity index (χ0n) is 8.60. The predicted octanol–water partition coefficient (Wildman–Crippen LogP) is 2.53. The maximum Gasteiger partial charge on any atom is 0.338 e. The third kappa shape index (κ3) is 2.71. The molecule has 0 saturated heterocycles. The topological polar surface area (TPSA) is 55.1 Å². The van der Waals surface area contributed by atoms with E-state index >= 15 is 0 Å². The molecule has 88 valence electrons. The second-order valence-electron chi connectivity index (χ2n) is 3.48. The lowest BCUT2D eigenvalue weighted by Gasteiger charge is -2.02. The second kappa shape index (κ2) is 4.67. The molecule has 1 aromatic carbocycles. The summed E-state index contributed by atoms with van der Waals surface area (Å²) in [5, 5.41) is 12.6. The Morgan fingerprint density at radius 3 is 2.88 bits per heavy atom. The monoisotopic (exact) mass is 298 g/mol. The zero-order valence-corrected chi connectivity index (χ0v) is 10.2. The lowest BCUT2D eigenvalue weighted by Crippen LogP contribution is -2.00. The van der Waals surface area contributed by atoms with E-state index < -0.39 is 5.97 Å². The Morgan fingerprint density at radius 2 is 2.29 bits per heavy atom. The summed E-state index contributed by atoms with van der Waals surface area (Å²) in [6, 6.07) is 4.61. The highest BCUT2D eigenvalue weighted by Crippen LogP contribution is 2.17. The van der Waals surface area contributed by atoms with E-state index in [9.17, 15) is 9.18 Å². The van der Waals surface area contributed by atoms with Crippen LogP contribution < -0.4 is 0 Å². The van der Waals surface area contributed by atoms with Crippen LogP contribution in [0.5, 0.6) is 0 Å². The molecule has 0 unspecified atom stereocenters. The minimum atomic E-state index is -1.02. The third-order valence-electron chi connectivity index (χ3n) is 2.21. The van der Waals surface area contributed by atoms with E-state index in [0.717, 1.165) is 5.56 Å². The number of nitrogens with zero attached hydrogens (tertiary/aromatic N) is 2. The summed E-state index contributed by atoms with van der Waals surface area (Å²) in [4.78, 5) is 10.7. The Morgan fingerprint density at radius 1 is 1.53 bits per heavy atom. The standard InChI is InChI=1S/C11H8BrFN2O2/c12-9-3-7(1-2-10(9)13)5-15-6-8(4-14-15)11(16)17/h1-4,6H,5H2,(H,16,17). The number of carbonyl (C=O) groups is 1. The Bertz CT molecular complexity index is 568. The van der Waals surface area contributed by atoms with Crippen LogP contribution in [0.25, 0.3) is 0 Å². The normalized spacial score (nSPS) is 10.5. The number of carboxylic acids is 1. The molecule has 17 heavy (non-hydrogen) atoms. The molecule has 0 aliphatic carbocycles. The van der Waals surface area contributed by atoms with Gasteiger partial charge in [-0.1, -0.05) is 6.07 Å². The highest BCUT2D eigenvalue weighted by Gasteiger charge is 2.07. The molecule has 2 rings (SSSR count). The molecule has 0 atom stereocenters. The first-order chi connectivity index (χ1) is 8.06. The number of hydrogen-bond donors (Lipinski definition) is 1. The second-order valence-corrected chi connectivity index (χ2v) is 4.33. The lowest BCUT2D eigenvalue weighted by atomic mass is 10.2. The van der Waals surface area contributed by atoms with Gasteiger partial charge in [-0.2, -0.15) is 5.10 Å². The van der Waals surface area contributed by atoms with Crippen molar-refractivity contribution in [3.63, 3.8) is 0 Å². The molecule has 0 bridgehead atoms. The number of aromatic nitrogens is 2. The van der Waals surface area contributed by atoms with Crippen LogP contribution >= 0.6 is 15.9 Å². The lowest BCUT2D eigenvalue weighted by molar-refractivity contribution is 0.0697. The molecular formula is C11H8BrFN2O2. The van der Waals surface area contributed by atoms with Crippen LogP contribution in [0.4, 0.5) is 4.39 Å². The van der Waals surface area contributed by atoms with Crippen LogP contribution in [0.15, 0.2) is 35.1 Å². The van der Waals surface area contributed by atoms with Gasteiger partial charge < -0.3 is 5.11 Å². The van der Waals surface area contributed by atoms with Crippen molar-refractivity contribution in [2.75, 3.05) is 0 Å². The van der Waals surface area contributed by atoms with Gasteiger partial charge in [0.25, 0.3) is 0 Å². The summed E-state index contributed by atoms with van der Waals surface area (Å²) in [6.07, 6.45) is 2.71. The zero-order chi connectivity index (χ0) is 12.4. The molecule has 0 spiro atoms. The SMILES string of the molecule is O=C(O)c1cnn(Cc2ccc(F)c(Br)c2)c1. The van der Waals surface area contributed by atoms with Gasteiger partial charge in [0.05, 0.1) is 22.8 Å². The maximum atomic E-state index is 13.0. The van der Waals surface area contributed by atoms with Gasteiger partial charge in [0, 0.05) is 6.20 Å². The van der Waals surface area contributed by atoms with Crippen molar-refractivity contribution >= 4 is 21.9 Å². The van der Waals surface area contributed by atoms with E-state index in [-0.39, 0.29) is 11.4 Å². The van der Waals surface area contributed by atoms with Gasteiger partial charge in [-0.25, -0.2) is 9.18 Å². The molecule has 0 fully saturated rings. The Labute approximate surface area is 105 Å².